The van der Waals surface area contributed by atoms with E-state index >= 15 is 0 Å². The van der Waals surface area contributed by atoms with Crippen molar-refractivity contribution in [1.82, 2.24) is 19.8 Å². The van der Waals surface area contributed by atoms with Crippen LogP contribution in [0, 0.1) is 6.92 Å². The van der Waals surface area contributed by atoms with Gasteiger partial charge in [-0.1, -0.05) is 12.8 Å². The monoisotopic (exact) mass is 430 g/mol. The molecule has 7 nitrogen and oxygen atoms in total. The molecule has 0 spiro atoms. The highest BCUT2D eigenvalue weighted by atomic mass is 32.1. The normalized spacial score (nSPS) is 17.5. The number of aromatic nitrogens is 2. The Morgan fingerprint density at radius 3 is 2.67 bits per heavy atom. The van der Waals surface area contributed by atoms with E-state index < -0.39 is 0 Å². The van der Waals surface area contributed by atoms with Gasteiger partial charge in [0.15, 0.2) is 0 Å². The van der Waals surface area contributed by atoms with E-state index in [1.807, 2.05) is 11.8 Å². The van der Waals surface area contributed by atoms with Gasteiger partial charge in [-0.15, -0.1) is 11.3 Å². The maximum atomic E-state index is 13.0. The van der Waals surface area contributed by atoms with Crippen LogP contribution in [-0.4, -0.2) is 45.9 Å². The molecule has 1 fully saturated rings. The smallest absolute Gasteiger partial charge is 0.262 e. The summed E-state index contributed by atoms with van der Waals surface area (Å²) in [7, 11) is 0. The molecule has 0 unspecified atom stereocenters. The highest BCUT2D eigenvalue weighted by Crippen LogP contribution is 2.28. The van der Waals surface area contributed by atoms with Crippen LogP contribution < -0.4 is 10.9 Å². The van der Waals surface area contributed by atoms with Crippen LogP contribution in [0.15, 0.2) is 4.79 Å². The van der Waals surface area contributed by atoms with Gasteiger partial charge in [-0.25, -0.2) is 4.98 Å². The Kier molecular flexibility index (Phi) is 6.51. The highest BCUT2D eigenvalue weighted by molar-refractivity contribution is 7.20. The van der Waals surface area contributed by atoms with Crippen molar-refractivity contribution in [1.29, 1.82) is 0 Å². The third-order valence-electron chi connectivity index (χ3n) is 6.18. The zero-order chi connectivity index (χ0) is 21.1. The maximum Gasteiger partial charge on any atom is 0.262 e. The predicted molar refractivity (Wildman–Crippen MR) is 118 cm³/mol. The average molecular weight is 431 g/mol. The topological polar surface area (TPSA) is 84.3 Å². The fourth-order valence-corrected chi connectivity index (χ4v) is 5.56. The van der Waals surface area contributed by atoms with Crippen LogP contribution in [0.1, 0.15) is 72.4 Å². The number of rotatable bonds is 5. The Balaban J connectivity index is 1.43. The van der Waals surface area contributed by atoms with Crippen molar-refractivity contribution in [2.45, 2.75) is 71.3 Å². The Bertz CT molecular complexity index is 1010. The first-order valence-electron chi connectivity index (χ1n) is 11.1. The molecule has 30 heavy (non-hydrogen) atoms. The van der Waals surface area contributed by atoms with E-state index in [1.54, 1.807) is 4.57 Å². The van der Waals surface area contributed by atoms with Gasteiger partial charge < -0.3 is 10.2 Å². The number of hydrogen-bond acceptors (Lipinski definition) is 5. The zero-order valence-corrected chi connectivity index (χ0v) is 18.5. The van der Waals surface area contributed by atoms with E-state index in [4.69, 9.17) is 4.98 Å². The van der Waals surface area contributed by atoms with Gasteiger partial charge in [0, 0.05) is 39.0 Å². The first kappa shape index (κ1) is 21.0. The lowest BCUT2D eigenvalue weighted by atomic mass is 10.2. The lowest BCUT2D eigenvalue weighted by molar-refractivity contribution is -0.130. The molecule has 2 aliphatic rings. The minimum Gasteiger partial charge on any atom is -0.351 e. The van der Waals surface area contributed by atoms with Crippen molar-refractivity contribution >= 4 is 33.4 Å². The number of thiophene rings is 1. The molecule has 1 N–H and O–H groups in total. The van der Waals surface area contributed by atoms with Crippen molar-refractivity contribution in [3.05, 3.63) is 26.6 Å². The minimum atomic E-state index is -0.155. The highest BCUT2D eigenvalue weighted by Gasteiger charge is 2.22. The first-order valence-corrected chi connectivity index (χ1v) is 12.0. The molecule has 4 heterocycles. The number of aryl methyl sites for hydroxylation is 2. The summed E-state index contributed by atoms with van der Waals surface area (Å²) in [5.74, 6) is 0.920. The Labute approximate surface area is 180 Å². The predicted octanol–water partition coefficient (Wildman–Crippen LogP) is 3.02. The van der Waals surface area contributed by atoms with Gasteiger partial charge in [-0.2, -0.15) is 0 Å². The van der Waals surface area contributed by atoms with Crippen molar-refractivity contribution < 1.29 is 9.59 Å². The van der Waals surface area contributed by atoms with E-state index in [0.717, 1.165) is 69.3 Å². The Morgan fingerprint density at radius 1 is 1.07 bits per heavy atom. The van der Waals surface area contributed by atoms with Gasteiger partial charge in [0.1, 0.15) is 10.7 Å². The van der Waals surface area contributed by atoms with E-state index in [-0.39, 0.29) is 17.4 Å². The number of nitrogens with one attached hydrogen (secondary N) is 1. The molecule has 4 rings (SSSR count). The molecule has 8 heteroatoms. The first-order chi connectivity index (χ1) is 14.6. The van der Waals surface area contributed by atoms with Crippen molar-refractivity contribution in [2.24, 2.45) is 0 Å². The van der Waals surface area contributed by atoms with Crippen LogP contribution in [0.2, 0.25) is 0 Å². The molecule has 0 saturated carbocycles. The summed E-state index contributed by atoms with van der Waals surface area (Å²) in [5, 5.41) is 3.56. The number of carbonyl (C=O) groups excluding carboxylic acids is 2. The van der Waals surface area contributed by atoms with Crippen molar-refractivity contribution in [3.63, 3.8) is 0 Å². The lowest BCUT2D eigenvalue weighted by Crippen LogP contribution is -2.34. The summed E-state index contributed by atoms with van der Waals surface area (Å²) in [5.41, 5.74) is 0.719. The fraction of sp³-hybridized carbons (Fsp3) is 0.636. The number of amides is 2. The largest absolute Gasteiger partial charge is 0.351 e. The Hall–Kier alpha value is -2.22. The molecule has 1 saturated heterocycles. The number of likely N-dealkylation sites (tertiary alicyclic amines) is 1. The molecule has 162 valence electrons. The van der Waals surface area contributed by atoms with Gasteiger partial charge in [0.2, 0.25) is 5.91 Å². The molecule has 2 aromatic heterocycles. The second-order valence-electron chi connectivity index (χ2n) is 8.33. The number of carbonyl (C=O) groups is 2. The number of hydrogen-bond donors (Lipinski definition) is 1. The summed E-state index contributed by atoms with van der Waals surface area (Å²) in [6.45, 7) is 4.57. The third kappa shape index (κ3) is 4.29. The quantitative estimate of drug-likeness (QED) is 0.739. The molecule has 0 atom stereocenters. The van der Waals surface area contributed by atoms with Crippen LogP contribution in [0.25, 0.3) is 10.2 Å². The van der Waals surface area contributed by atoms with Crippen LogP contribution in [-0.2, 0) is 17.8 Å². The molecule has 0 aliphatic carbocycles. The molecule has 2 aromatic rings. The number of nitrogens with zero attached hydrogens (tertiary/aromatic N) is 3. The van der Waals surface area contributed by atoms with Gasteiger partial charge in [-0.3, -0.25) is 19.0 Å². The molecule has 0 bridgehead atoms. The minimum absolute atomic E-state index is 0.00984. The summed E-state index contributed by atoms with van der Waals surface area (Å²) in [4.78, 5) is 45.8. The molecular formula is C22H30N4O3S. The summed E-state index contributed by atoms with van der Waals surface area (Å²) in [6, 6.07) is 0. The van der Waals surface area contributed by atoms with Gasteiger partial charge in [0.25, 0.3) is 11.5 Å². The summed E-state index contributed by atoms with van der Waals surface area (Å²) >= 11 is 1.31. The summed E-state index contributed by atoms with van der Waals surface area (Å²) < 4.78 is 1.80. The molecule has 0 radical (unpaired) electrons. The van der Waals surface area contributed by atoms with Crippen molar-refractivity contribution in [2.75, 3.05) is 19.6 Å². The molecular weight excluding hydrogens is 400 g/mol. The third-order valence-corrected chi connectivity index (χ3v) is 7.36. The van der Waals surface area contributed by atoms with Crippen LogP contribution in [0.3, 0.4) is 0 Å². The maximum absolute atomic E-state index is 13.0. The Morgan fingerprint density at radius 2 is 1.83 bits per heavy atom. The second kappa shape index (κ2) is 9.29. The van der Waals surface area contributed by atoms with E-state index in [2.05, 4.69) is 5.32 Å². The van der Waals surface area contributed by atoms with Gasteiger partial charge in [-0.05, 0) is 44.6 Å². The van der Waals surface area contributed by atoms with Gasteiger partial charge in [0.05, 0.1) is 10.3 Å². The van der Waals surface area contributed by atoms with Gasteiger partial charge >= 0.3 is 0 Å². The van der Waals surface area contributed by atoms with E-state index in [9.17, 15) is 14.4 Å². The molecule has 2 amide bonds. The lowest BCUT2D eigenvalue weighted by Gasteiger charge is -2.20. The van der Waals surface area contributed by atoms with Crippen LogP contribution in [0.5, 0.6) is 0 Å². The summed E-state index contributed by atoms with van der Waals surface area (Å²) in [6.07, 6.45) is 8.51. The standard InChI is InChI=1S/C22H30N4O3S/c1-15-18-21(24-16-9-4-2-7-14-26(16)22(18)29)30-19(15)20(28)23-11-8-13-25-12-6-3-5-10-17(25)27/h2-14H2,1H3,(H,23,28). The van der Waals surface area contributed by atoms with Crippen LogP contribution in [0.4, 0.5) is 0 Å². The average Bonchev–Trinajstić information content (AvgIpc) is 2.89. The zero-order valence-electron chi connectivity index (χ0n) is 17.7. The van der Waals surface area contributed by atoms with Crippen LogP contribution >= 0.6 is 11.3 Å². The van der Waals surface area contributed by atoms with E-state index in [1.165, 1.54) is 11.3 Å². The second-order valence-corrected chi connectivity index (χ2v) is 9.33. The van der Waals surface area contributed by atoms with E-state index in [0.29, 0.717) is 41.1 Å². The fourth-order valence-electron chi connectivity index (χ4n) is 4.45. The molecule has 2 aliphatic heterocycles. The SMILES string of the molecule is Cc1c(C(=O)NCCCN2CCCCCC2=O)sc2nc3n(c(=O)c12)CCCCC3. The van der Waals surface area contributed by atoms with Crippen molar-refractivity contribution in [3.8, 4) is 0 Å². The molecule has 0 aromatic carbocycles. The number of fused-ring (bicyclic) bond motifs is 2.